The van der Waals surface area contributed by atoms with Gasteiger partial charge in [-0.3, -0.25) is 24.5 Å². The number of nitro benzene ring substituents is 1. The zero-order chi connectivity index (χ0) is 24.2. The van der Waals surface area contributed by atoms with Crippen LogP contribution in [-0.2, 0) is 29.0 Å². The van der Waals surface area contributed by atoms with E-state index in [9.17, 15) is 29.6 Å². The van der Waals surface area contributed by atoms with Crippen LogP contribution in [-0.4, -0.2) is 27.8 Å². The summed E-state index contributed by atoms with van der Waals surface area (Å²) in [4.78, 5) is 49.0. The van der Waals surface area contributed by atoms with E-state index < -0.39 is 16.8 Å². The molecule has 1 saturated carbocycles. The molecule has 0 unspecified atom stereocenters. The number of hydrogen-bond acceptors (Lipinski definition) is 6. The highest BCUT2D eigenvalue weighted by Gasteiger charge is 2.32. The largest absolute Gasteiger partial charge is 0.481 e. The predicted molar refractivity (Wildman–Crippen MR) is 127 cm³/mol. The molecule has 0 spiro atoms. The molecule has 2 aliphatic rings. The van der Waals surface area contributed by atoms with E-state index in [-0.39, 0.29) is 30.0 Å². The lowest BCUT2D eigenvalue weighted by atomic mass is 9.81. The second-order valence-corrected chi connectivity index (χ2v) is 10.0. The number of rotatable bonds is 7. The highest BCUT2D eigenvalue weighted by Crippen LogP contribution is 2.39. The van der Waals surface area contributed by atoms with Gasteiger partial charge in [-0.05, 0) is 62.5 Å². The van der Waals surface area contributed by atoms with Gasteiger partial charge in [0.1, 0.15) is 5.00 Å². The lowest BCUT2D eigenvalue weighted by Gasteiger charge is -2.25. The monoisotopic (exact) mass is 485 g/mol. The number of carboxylic acid groups (broad SMARTS) is 1. The number of aryl methyl sites for hydroxylation is 1. The Morgan fingerprint density at radius 1 is 1.09 bits per heavy atom. The van der Waals surface area contributed by atoms with Crippen LogP contribution in [0.3, 0.4) is 0 Å². The highest BCUT2D eigenvalue weighted by molar-refractivity contribution is 7.17. The van der Waals surface area contributed by atoms with Gasteiger partial charge >= 0.3 is 5.97 Å². The van der Waals surface area contributed by atoms with Crippen molar-refractivity contribution < 1.29 is 24.4 Å². The lowest BCUT2D eigenvalue weighted by molar-refractivity contribution is -0.384. The van der Waals surface area contributed by atoms with Crippen LogP contribution >= 0.6 is 11.3 Å². The average molecular weight is 486 g/mol. The molecule has 1 aromatic heterocycles. The molecule has 0 radical (unpaired) electrons. The fourth-order valence-electron chi connectivity index (χ4n) is 4.76. The number of anilines is 1. The van der Waals surface area contributed by atoms with E-state index in [1.54, 1.807) is 12.1 Å². The number of nitrogens with zero attached hydrogens (tertiary/aromatic N) is 1. The minimum Gasteiger partial charge on any atom is -0.481 e. The smallest absolute Gasteiger partial charge is 0.306 e. The molecular formula is C24H27N3O6S. The van der Waals surface area contributed by atoms with Crippen molar-refractivity contribution in [3.05, 3.63) is 55.9 Å². The third kappa shape index (κ3) is 5.27. The Morgan fingerprint density at radius 2 is 1.79 bits per heavy atom. The summed E-state index contributed by atoms with van der Waals surface area (Å²) in [6.07, 6.45) is 5.63. The molecule has 180 valence electrons. The second kappa shape index (κ2) is 10.3. The number of thiophene rings is 1. The maximum Gasteiger partial charge on any atom is 0.306 e. The molecule has 2 aromatic rings. The Hall–Kier alpha value is -3.27. The van der Waals surface area contributed by atoms with Crippen molar-refractivity contribution >= 4 is 39.8 Å². The van der Waals surface area contributed by atoms with Gasteiger partial charge < -0.3 is 15.7 Å². The summed E-state index contributed by atoms with van der Waals surface area (Å²) in [6, 6.07) is 6.13. The quantitative estimate of drug-likeness (QED) is 0.395. The van der Waals surface area contributed by atoms with Crippen LogP contribution in [0.5, 0.6) is 0 Å². The van der Waals surface area contributed by atoms with Crippen molar-refractivity contribution in [3.8, 4) is 0 Å². The maximum atomic E-state index is 13.2. The summed E-state index contributed by atoms with van der Waals surface area (Å²) in [5.74, 6) is -1.96. The number of nitro groups is 1. The molecule has 0 aliphatic heterocycles. The Labute approximate surface area is 200 Å². The first-order valence-electron chi connectivity index (χ1n) is 11.5. The van der Waals surface area contributed by atoms with Gasteiger partial charge in [-0.25, -0.2) is 0 Å². The number of aliphatic carboxylic acids is 1. The lowest BCUT2D eigenvalue weighted by Crippen LogP contribution is -2.30. The van der Waals surface area contributed by atoms with Crippen LogP contribution < -0.4 is 10.6 Å². The number of non-ortho nitro benzene ring substituents is 1. The fourth-order valence-corrected chi connectivity index (χ4v) is 6.05. The van der Waals surface area contributed by atoms with E-state index in [1.807, 2.05) is 0 Å². The molecule has 2 aliphatic carbocycles. The van der Waals surface area contributed by atoms with Crippen molar-refractivity contribution in [1.82, 2.24) is 5.32 Å². The SMILES string of the molecule is O=C(NCc1cccc([N+](=O)[O-])c1)c1c(NC(=O)C2CCC(C(=O)O)CC2)sc2c1CCCC2. The molecule has 3 N–H and O–H groups in total. The summed E-state index contributed by atoms with van der Waals surface area (Å²) in [6.45, 7) is 0.137. The zero-order valence-corrected chi connectivity index (χ0v) is 19.5. The van der Waals surface area contributed by atoms with Crippen LogP contribution in [0.4, 0.5) is 10.7 Å². The van der Waals surface area contributed by atoms with Gasteiger partial charge in [0.2, 0.25) is 5.91 Å². The predicted octanol–water partition coefficient (Wildman–Crippen LogP) is 4.29. The van der Waals surface area contributed by atoms with Crippen molar-refractivity contribution in [2.45, 2.75) is 57.9 Å². The van der Waals surface area contributed by atoms with E-state index in [0.717, 1.165) is 36.1 Å². The molecule has 0 atom stereocenters. The Balaban J connectivity index is 1.48. The molecule has 9 nitrogen and oxygen atoms in total. The van der Waals surface area contributed by atoms with E-state index in [0.29, 0.717) is 41.8 Å². The first-order valence-corrected chi connectivity index (χ1v) is 12.3. The number of hydrogen-bond donors (Lipinski definition) is 3. The van der Waals surface area contributed by atoms with Gasteiger partial charge in [0, 0.05) is 29.5 Å². The zero-order valence-electron chi connectivity index (χ0n) is 18.7. The topological polar surface area (TPSA) is 139 Å². The minimum atomic E-state index is -0.813. The third-order valence-electron chi connectivity index (χ3n) is 6.66. The van der Waals surface area contributed by atoms with Crippen LogP contribution in [0.15, 0.2) is 24.3 Å². The number of carbonyl (C=O) groups is 3. The number of amides is 2. The Kier molecular flexibility index (Phi) is 7.26. The average Bonchev–Trinajstić information content (AvgIpc) is 3.20. The molecule has 1 aromatic carbocycles. The van der Waals surface area contributed by atoms with Crippen LogP contribution in [0, 0.1) is 22.0 Å². The minimum absolute atomic E-state index is 0.0368. The van der Waals surface area contributed by atoms with E-state index in [4.69, 9.17) is 0 Å². The standard InChI is InChI=1S/C24H27N3O6S/c28-21(15-8-10-16(11-9-15)24(30)31)26-23-20(18-6-1-2-7-19(18)34-23)22(29)25-13-14-4-3-5-17(12-14)27(32)33/h3-5,12,15-16H,1-2,6-11,13H2,(H,25,29)(H,26,28)(H,30,31). The molecule has 34 heavy (non-hydrogen) atoms. The van der Waals surface area contributed by atoms with Crippen molar-refractivity contribution in [1.29, 1.82) is 0 Å². The Bertz CT molecular complexity index is 1120. The highest BCUT2D eigenvalue weighted by atomic mass is 32.1. The second-order valence-electron chi connectivity index (χ2n) is 8.90. The third-order valence-corrected chi connectivity index (χ3v) is 7.86. The first-order chi connectivity index (χ1) is 16.3. The summed E-state index contributed by atoms with van der Waals surface area (Å²) < 4.78 is 0. The number of carboxylic acids is 1. The number of benzene rings is 1. The fraction of sp³-hybridized carbons (Fsp3) is 0.458. The number of fused-ring (bicyclic) bond motifs is 1. The summed E-state index contributed by atoms with van der Waals surface area (Å²) in [5.41, 5.74) is 2.04. The van der Waals surface area contributed by atoms with E-state index in [2.05, 4.69) is 10.6 Å². The van der Waals surface area contributed by atoms with Gasteiger partial charge in [-0.15, -0.1) is 11.3 Å². The molecule has 10 heteroatoms. The van der Waals surface area contributed by atoms with Crippen LogP contribution in [0.1, 0.15) is 64.9 Å². The molecule has 1 heterocycles. The van der Waals surface area contributed by atoms with E-state index in [1.165, 1.54) is 23.5 Å². The molecular weight excluding hydrogens is 458 g/mol. The van der Waals surface area contributed by atoms with Gasteiger partial charge in [-0.2, -0.15) is 0 Å². The molecule has 0 bridgehead atoms. The Morgan fingerprint density at radius 3 is 2.50 bits per heavy atom. The normalized spacial score (nSPS) is 19.6. The first kappa shape index (κ1) is 23.9. The number of nitrogens with one attached hydrogen (secondary N) is 2. The van der Waals surface area contributed by atoms with Crippen LogP contribution in [0.25, 0.3) is 0 Å². The van der Waals surface area contributed by atoms with Crippen molar-refractivity contribution in [3.63, 3.8) is 0 Å². The summed E-state index contributed by atoms with van der Waals surface area (Å²) in [7, 11) is 0. The molecule has 2 amide bonds. The van der Waals surface area contributed by atoms with E-state index >= 15 is 0 Å². The van der Waals surface area contributed by atoms with Crippen LogP contribution in [0.2, 0.25) is 0 Å². The van der Waals surface area contributed by atoms with Crippen molar-refractivity contribution in [2.24, 2.45) is 11.8 Å². The molecule has 4 rings (SSSR count). The maximum absolute atomic E-state index is 13.2. The van der Waals surface area contributed by atoms with Gasteiger partial charge in [0.05, 0.1) is 16.4 Å². The summed E-state index contributed by atoms with van der Waals surface area (Å²) >= 11 is 1.44. The number of carbonyl (C=O) groups excluding carboxylic acids is 2. The van der Waals surface area contributed by atoms with Gasteiger partial charge in [0.15, 0.2) is 0 Å². The summed E-state index contributed by atoms with van der Waals surface area (Å²) in [5, 5.41) is 26.6. The van der Waals surface area contributed by atoms with Gasteiger partial charge in [0.25, 0.3) is 11.6 Å². The van der Waals surface area contributed by atoms with Crippen molar-refractivity contribution in [2.75, 3.05) is 5.32 Å². The molecule has 0 saturated heterocycles. The molecule has 1 fully saturated rings. The van der Waals surface area contributed by atoms with Gasteiger partial charge in [-0.1, -0.05) is 12.1 Å².